The Morgan fingerprint density at radius 3 is 2.09 bits per heavy atom. The number of ketones is 1. The van der Waals surface area contributed by atoms with E-state index in [0.29, 0.717) is 37.6 Å². The number of carbonyl (C=O) groups is 1. The summed E-state index contributed by atoms with van der Waals surface area (Å²) in [6, 6.07) is 8.49. The molecule has 1 fully saturated rings. The highest BCUT2D eigenvalue weighted by atomic mass is 32.2. The number of benzene rings is 1. The first kappa shape index (κ1) is 17.1. The molecule has 0 aliphatic carbocycles. The summed E-state index contributed by atoms with van der Waals surface area (Å²) in [5.41, 5.74) is -0.354. The van der Waals surface area contributed by atoms with Gasteiger partial charge in [-0.05, 0) is 12.1 Å². The third kappa shape index (κ3) is 3.94. The fraction of sp³-hybridized carbons (Fsp3) is 0.562. The van der Waals surface area contributed by atoms with Crippen molar-refractivity contribution in [1.82, 2.24) is 9.21 Å². The largest absolute Gasteiger partial charge is 0.298 e. The molecule has 0 bridgehead atoms. The number of nitrogens with zero attached hydrogens (tertiary/aromatic N) is 2. The molecule has 0 aromatic heterocycles. The Morgan fingerprint density at radius 2 is 1.59 bits per heavy atom. The number of Topliss-reactive ketones (excluding diaryl/α,β-unsaturated/α-hetero) is 1. The molecule has 6 heteroatoms. The van der Waals surface area contributed by atoms with Gasteiger partial charge in [-0.3, -0.25) is 9.69 Å². The molecule has 1 aliphatic rings. The van der Waals surface area contributed by atoms with Crippen LogP contribution in [0, 0.1) is 5.41 Å². The first-order valence-corrected chi connectivity index (χ1v) is 8.96. The number of sulfonamides is 1. The minimum atomic E-state index is -3.42. The summed E-state index contributed by atoms with van der Waals surface area (Å²) in [6.07, 6.45) is 0. The molecule has 22 heavy (non-hydrogen) atoms. The van der Waals surface area contributed by atoms with Crippen molar-refractivity contribution in [2.75, 3.05) is 32.7 Å². The maximum Gasteiger partial charge on any atom is 0.243 e. The van der Waals surface area contributed by atoms with E-state index >= 15 is 0 Å². The minimum absolute atomic E-state index is 0.187. The molecule has 0 radical (unpaired) electrons. The van der Waals surface area contributed by atoms with E-state index in [1.807, 2.05) is 25.7 Å². The van der Waals surface area contributed by atoms with Gasteiger partial charge >= 0.3 is 0 Å². The summed E-state index contributed by atoms with van der Waals surface area (Å²) in [4.78, 5) is 14.4. The van der Waals surface area contributed by atoms with Gasteiger partial charge in [0.05, 0.1) is 11.4 Å². The molecule has 0 spiro atoms. The van der Waals surface area contributed by atoms with Gasteiger partial charge < -0.3 is 0 Å². The van der Waals surface area contributed by atoms with Crippen molar-refractivity contribution >= 4 is 15.8 Å². The van der Waals surface area contributed by atoms with Crippen molar-refractivity contribution in [2.24, 2.45) is 5.41 Å². The van der Waals surface area contributed by atoms with Gasteiger partial charge in [0.1, 0.15) is 0 Å². The van der Waals surface area contributed by atoms with Gasteiger partial charge in [-0.25, -0.2) is 8.42 Å². The summed E-state index contributed by atoms with van der Waals surface area (Å²) in [6.45, 7) is 8.15. The summed E-state index contributed by atoms with van der Waals surface area (Å²) in [5, 5.41) is 0. The van der Waals surface area contributed by atoms with Crippen molar-refractivity contribution in [2.45, 2.75) is 25.7 Å². The lowest BCUT2D eigenvalue weighted by atomic mass is 9.90. The molecule has 5 nitrogen and oxygen atoms in total. The van der Waals surface area contributed by atoms with Crippen molar-refractivity contribution in [3.05, 3.63) is 30.3 Å². The molecule has 1 heterocycles. The molecule has 1 aliphatic heterocycles. The van der Waals surface area contributed by atoms with Crippen LogP contribution in [-0.4, -0.2) is 56.1 Å². The van der Waals surface area contributed by atoms with Gasteiger partial charge in [0.25, 0.3) is 0 Å². The topological polar surface area (TPSA) is 57.7 Å². The summed E-state index contributed by atoms with van der Waals surface area (Å²) in [7, 11) is -3.42. The highest BCUT2D eigenvalue weighted by molar-refractivity contribution is 7.89. The first-order chi connectivity index (χ1) is 10.2. The normalized spacial score (nSPS) is 18.3. The van der Waals surface area contributed by atoms with Crippen LogP contribution in [0.15, 0.2) is 35.2 Å². The van der Waals surface area contributed by atoms with E-state index in [4.69, 9.17) is 0 Å². The monoisotopic (exact) mass is 324 g/mol. The Hall–Kier alpha value is -1.24. The average Bonchev–Trinajstić information content (AvgIpc) is 2.48. The smallest absolute Gasteiger partial charge is 0.243 e. The molecule has 0 N–H and O–H groups in total. The fourth-order valence-electron chi connectivity index (χ4n) is 2.31. The molecule has 0 atom stereocenters. The van der Waals surface area contributed by atoms with E-state index in [9.17, 15) is 13.2 Å². The summed E-state index contributed by atoms with van der Waals surface area (Å²) >= 11 is 0. The van der Waals surface area contributed by atoms with Gasteiger partial charge in [-0.15, -0.1) is 0 Å². The molecule has 2 rings (SSSR count). The fourth-order valence-corrected chi connectivity index (χ4v) is 3.75. The van der Waals surface area contributed by atoms with Crippen molar-refractivity contribution in [1.29, 1.82) is 0 Å². The quantitative estimate of drug-likeness (QED) is 0.844. The third-order valence-corrected chi connectivity index (χ3v) is 5.83. The van der Waals surface area contributed by atoms with E-state index < -0.39 is 10.0 Å². The number of piperazine rings is 1. The first-order valence-electron chi connectivity index (χ1n) is 7.52. The second kappa shape index (κ2) is 6.48. The van der Waals surface area contributed by atoms with Crippen LogP contribution in [0.2, 0.25) is 0 Å². The van der Waals surface area contributed by atoms with Crippen molar-refractivity contribution < 1.29 is 13.2 Å². The third-order valence-electron chi connectivity index (χ3n) is 3.92. The van der Waals surface area contributed by atoms with Crippen LogP contribution in [0.25, 0.3) is 0 Å². The van der Waals surface area contributed by atoms with Gasteiger partial charge in [0, 0.05) is 31.6 Å². The molecular formula is C16H24N2O3S. The Kier molecular flexibility index (Phi) is 5.04. The van der Waals surface area contributed by atoms with Gasteiger partial charge in [0.15, 0.2) is 5.78 Å². The summed E-state index contributed by atoms with van der Waals surface area (Å²) in [5.74, 6) is 0.187. The van der Waals surface area contributed by atoms with E-state index in [2.05, 4.69) is 0 Å². The molecule has 1 saturated heterocycles. The Morgan fingerprint density at radius 1 is 1.05 bits per heavy atom. The molecule has 1 aromatic rings. The number of hydrogen-bond donors (Lipinski definition) is 0. The second-order valence-corrected chi connectivity index (χ2v) is 8.60. The minimum Gasteiger partial charge on any atom is -0.298 e. The Bertz CT molecular complexity index is 613. The molecule has 122 valence electrons. The zero-order valence-corrected chi connectivity index (χ0v) is 14.3. The van der Waals surface area contributed by atoms with Crippen LogP contribution in [0.1, 0.15) is 20.8 Å². The zero-order chi connectivity index (χ0) is 16.4. The Labute approximate surface area is 133 Å². The lowest BCUT2D eigenvalue weighted by Crippen LogP contribution is -2.50. The van der Waals surface area contributed by atoms with Crippen LogP contribution >= 0.6 is 0 Å². The maximum absolute atomic E-state index is 12.5. The van der Waals surface area contributed by atoms with E-state index in [1.54, 1.807) is 30.3 Å². The van der Waals surface area contributed by atoms with E-state index in [0.717, 1.165) is 0 Å². The predicted octanol–water partition coefficient (Wildman–Crippen LogP) is 1.61. The van der Waals surface area contributed by atoms with Crippen LogP contribution < -0.4 is 0 Å². The molecule has 1 aromatic carbocycles. The van der Waals surface area contributed by atoms with Crippen LogP contribution in [-0.2, 0) is 14.8 Å². The number of carbonyl (C=O) groups excluding carboxylic acids is 1. The molecular weight excluding hydrogens is 300 g/mol. The van der Waals surface area contributed by atoms with Crippen LogP contribution in [0.4, 0.5) is 0 Å². The molecule has 0 unspecified atom stereocenters. The van der Waals surface area contributed by atoms with E-state index in [-0.39, 0.29) is 11.2 Å². The average molecular weight is 324 g/mol. The van der Waals surface area contributed by atoms with Crippen molar-refractivity contribution in [3.63, 3.8) is 0 Å². The zero-order valence-electron chi connectivity index (χ0n) is 13.4. The highest BCUT2D eigenvalue weighted by Crippen LogP contribution is 2.19. The second-order valence-electron chi connectivity index (χ2n) is 6.67. The standard InChI is InChI=1S/C16H24N2O3S/c1-16(2,3)15(19)13-17-9-11-18(12-10-17)22(20,21)14-7-5-4-6-8-14/h4-8H,9-13H2,1-3H3. The lowest BCUT2D eigenvalue weighted by molar-refractivity contribution is -0.127. The molecule has 0 saturated carbocycles. The predicted molar refractivity (Wildman–Crippen MR) is 86.1 cm³/mol. The highest BCUT2D eigenvalue weighted by Gasteiger charge is 2.30. The lowest BCUT2D eigenvalue weighted by Gasteiger charge is -2.34. The van der Waals surface area contributed by atoms with Gasteiger partial charge in [-0.1, -0.05) is 39.0 Å². The maximum atomic E-state index is 12.5. The van der Waals surface area contributed by atoms with Crippen molar-refractivity contribution in [3.8, 4) is 0 Å². The number of hydrogen-bond acceptors (Lipinski definition) is 4. The molecule has 0 amide bonds. The number of rotatable bonds is 4. The van der Waals surface area contributed by atoms with Gasteiger partial charge in [-0.2, -0.15) is 4.31 Å². The van der Waals surface area contributed by atoms with E-state index in [1.165, 1.54) is 4.31 Å². The van der Waals surface area contributed by atoms with Crippen LogP contribution in [0.5, 0.6) is 0 Å². The van der Waals surface area contributed by atoms with Gasteiger partial charge in [0.2, 0.25) is 10.0 Å². The SMILES string of the molecule is CC(C)(C)C(=O)CN1CCN(S(=O)(=O)c2ccccc2)CC1. The summed E-state index contributed by atoms with van der Waals surface area (Å²) < 4.78 is 26.5. The Balaban J connectivity index is 1.97. The van der Waals surface area contributed by atoms with Crippen LogP contribution in [0.3, 0.4) is 0 Å².